The van der Waals surface area contributed by atoms with Gasteiger partial charge in [0, 0.05) is 29.6 Å². The van der Waals surface area contributed by atoms with Gasteiger partial charge in [-0.3, -0.25) is 14.5 Å². The molecule has 4 rings (SSSR count). The molecule has 0 saturated carbocycles. The van der Waals surface area contributed by atoms with E-state index < -0.39 is 0 Å². The van der Waals surface area contributed by atoms with Crippen LogP contribution in [0.1, 0.15) is 29.9 Å². The third-order valence-corrected chi connectivity index (χ3v) is 6.06. The molecule has 3 aromatic rings. The van der Waals surface area contributed by atoms with Gasteiger partial charge in [-0.25, -0.2) is 0 Å². The number of primary amides is 1. The second-order valence-electron chi connectivity index (χ2n) is 7.95. The number of benzene rings is 2. The summed E-state index contributed by atoms with van der Waals surface area (Å²) >= 11 is 0. The summed E-state index contributed by atoms with van der Waals surface area (Å²) in [5, 5.41) is 4.20. The normalized spacial score (nSPS) is 17.5. The predicted octanol–water partition coefficient (Wildman–Crippen LogP) is 2.37. The highest BCUT2D eigenvalue weighted by atomic mass is 16.5. The molecule has 1 saturated heterocycles. The van der Waals surface area contributed by atoms with E-state index >= 15 is 0 Å². The summed E-state index contributed by atoms with van der Waals surface area (Å²) in [5.74, 6) is 0.292. The van der Waals surface area contributed by atoms with Crippen molar-refractivity contribution in [3.63, 3.8) is 0 Å². The molecular formula is C24H28N4O3. The van der Waals surface area contributed by atoms with Gasteiger partial charge in [0.2, 0.25) is 11.8 Å². The van der Waals surface area contributed by atoms with Gasteiger partial charge in [-0.2, -0.15) is 0 Å². The van der Waals surface area contributed by atoms with Crippen molar-refractivity contribution in [1.29, 1.82) is 0 Å². The molecule has 2 heterocycles. The zero-order chi connectivity index (χ0) is 21.8. The SMILES string of the molecule is COc1ccc([C@H](CNC(=O)CN2CCC[C@H]2C(N)=O)c2c[nH]c3ccccc23)cc1. The van der Waals surface area contributed by atoms with Crippen molar-refractivity contribution in [3.05, 3.63) is 65.9 Å². The minimum atomic E-state index is -0.361. The lowest BCUT2D eigenvalue weighted by Gasteiger charge is -2.23. The Labute approximate surface area is 181 Å². The maximum atomic E-state index is 12.7. The first-order valence-electron chi connectivity index (χ1n) is 10.6. The minimum absolute atomic E-state index is 0.0310. The summed E-state index contributed by atoms with van der Waals surface area (Å²) in [6.45, 7) is 1.34. The number of likely N-dealkylation sites (tertiary alicyclic amines) is 1. The van der Waals surface area contributed by atoms with Crippen LogP contribution >= 0.6 is 0 Å². The lowest BCUT2D eigenvalue weighted by molar-refractivity contribution is -0.125. The maximum Gasteiger partial charge on any atom is 0.234 e. The minimum Gasteiger partial charge on any atom is -0.497 e. The van der Waals surface area contributed by atoms with Crippen LogP contribution in [-0.4, -0.2) is 54.5 Å². The number of nitrogens with two attached hydrogens (primary N) is 1. The number of hydrogen-bond donors (Lipinski definition) is 3. The van der Waals surface area contributed by atoms with Gasteiger partial charge < -0.3 is 20.8 Å². The predicted molar refractivity (Wildman–Crippen MR) is 120 cm³/mol. The molecular weight excluding hydrogens is 392 g/mol. The molecule has 2 atom stereocenters. The number of rotatable bonds is 8. The van der Waals surface area contributed by atoms with Crippen molar-refractivity contribution >= 4 is 22.7 Å². The standard InChI is InChI=1S/C24H28N4O3/c1-31-17-10-8-16(9-11-17)19(20-14-26-21-6-3-2-5-18(20)21)13-27-23(29)15-28-12-4-7-22(28)24(25)30/h2-3,5-6,8-11,14,19,22,26H,4,7,12-13,15H2,1H3,(H2,25,30)(H,27,29)/t19-,22-/m0/s1. The van der Waals surface area contributed by atoms with Crippen LogP contribution in [0, 0.1) is 0 Å². The Hall–Kier alpha value is -3.32. The number of hydrogen-bond acceptors (Lipinski definition) is 4. The van der Waals surface area contributed by atoms with Gasteiger partial charge in [0.05, 0.1) is 19.7 Å². The van der Waals surface area contributed by atoms with Crippen LogP contribution in [0.5, 0.6) is 5.75 Å². The largest absolute Gasteiger partial charge is 0.497 e. The van der Waals surface area contributed by atoms with E-state index in [4.69, 9.17) is 10.5 Å². The fraction of sp³-hybridized carbons (Fsp3) is 0.333. The molecule has 0 bridgehead atoms. The summed E-state index contributed by atoms with van der Waals surface area (Å²) in [6, 6.07) is 15.7. The van der Waals surface area contributed by atoms with E-state index in [2.05, 4.69) is 16.4 Å². The third-order valence-electron chi connectivity index (χ3n) is 6.06. The molecule has 1 aliphatic rings. The van der Waals surface area contributed by atoms with E-state index in [1.54, 1.807) is 7.11 Å². The van der Waals surface area contributed by atoms with Crippen molar-refractivity contribution in [2.24, 2.45) is 5.73 Å². The molecule has 7 heteroatoms. The molecule has 1 aliphatic heterocycles. The number of aromatic amines is 1. The first-order valence-corrected chi connectivity index (χ1v) is 10.6. The molecule has 31 heavy (non-hydrogen) atoms. The number of para-hydroxylation sites is 1. The van der Waals surface area contributed by atoms with Gasteiger partial charge in [0.1, 0.15) is 5.75 Å². The Morgan fingerprint density at radius 2 is 2.00 bits per heavy atom. The molecule has 1 aromatic heterocycles. The Morgan fingerprint density at radius 1 is 1.23 bits per heavy atom. The van der Waals surface area contributed by atoms with Crippen LogP contribution < -0.4 is 15.8 Å². The summed E-state index contributed by atoms with van der Waals surface area (Å²) in [4.78, 5) is 29.5. The van der Waals surface area contributed by atoms with Gasteiger partial charge >= 0.3 is 0 Å². The van der Waals surface area contributed by atoms with E-state index in [1.807, 2.05) is 53.6 Å². The van der Waals surface area contributed by atoms with Crippen molar-refractivity contribution in [1.82, 2.24) is 15.2 Å². The topological polar surface area (TPSA) is 100 Å². The first-order chi connectivity index (χ1) is 15.1. The quantitative estimate of drug-likeness (QED) is 0.521. The van der Waals surface area contributed by atoms with E-state index in [9.17, 15) is 9.59 Å². The molecule has 2 amide bonds. The lowest BCUT2D eigenvalue weighted by atomic mass is 9.90. The van der Waals surface area contributed by atoms with E-state index in [0.717, 1.165) is 34.2 Å². The third kappa shape index (κ3) is 4.56. The average Bonchev–Trinajstić information content (AvgIpc) is 3.42. The van der Waals surface area contributed by atoms with Gasteiger partial charge in [0.25, 0.3) is 0 Å². The number of fused-ring (bicyclic) bond motifs is 1. The number of methoxy groups -OCH3 is 1. The van der Waals surface area contributed by atoms with E-state index in [1.165, 1.54) is 0 Å². The number of ether oxygens (including phenoxy) is 1. The summed E-state index contributed by atoms with van der Waals surface area (Å²) in [6.07, 6.45) is 3.60. The monoisotopic (exact) mass is 420 g/mol. The number of aromatic nitrogens is 1. The molecule has 0 radical (unpaired) electrons. The number of H-pyrrole nitrogens is 1. The van der Waals surface area contributed by atoms with Crippen LogP contribution in [0.3, 0.4) is 0 Å². The molecule has 0 spiro atoms. The van der Waals surface area contributed by atoms with Crippen LogP contribution in [0.25, 0.3) is 10.9 Å². The maximum absolute atomic E-state index is 12.7. The smallest absolute Gasteiger partial charge is 0.234 e. The number of carbonyl (C=O) groups excluding carboxylic acids is 2. The second-order valence-corrected chi connectivity index (χ2v) is 7.95. The van der Waals surface area contributed by atoms with E-state index in [0.29, 0.717) is 19.5 Å². The van der Waals surface area contributed by atoms with E-state index in [-0.39, 0.29) is 30.3 Å². The van der Waals surface area contributed by atoms with Gasteiger partial charge in [-0.05, 0) is 48.7 Å². The van der Waals surface area contributed by atoms with Crippen LogP contribution in [0.2, 0.25) is 0 Å². The number of amides is 2. The summed E-state index contributed by atoms with van der Waals surface area (Å²) in [5.41, 5.74) is 8.74. The zero-order valence-corrected chi connectivity index (χ0v) is 17.6. The molecule has 7 nitrogen and oxygen atoms in total. The second kappa shape index (κ2) is 9.22. The fourth-order valence-corrected chi connectivity index (χ4v) is 4.42. The van der Waals surface area contributed by atoms with Gasteiger partial charge in [0.15, 0.2) is 0 Å². The molecule has 4 N–H and O–H groups in total. The fourth-order valence-electron chi connectivity index (χ4n) is 4.42. The highest BCUT2D eigenvalue weighted by molar-refractivity contribution is 5.85. The van der Waals surface area contributed by atoms with Gasteiger partial charge in [-0.15, -0.1) is 0 Å². The highest BCUT2D eigenvalue weighted by Crippen LogP contribution is 2.31. The molecule has 0 aliphatic carbocycles. The van der Waals surface area contributed by atoms with Crippen molar-refractivity contribution in [2.45, 2.75) is 24.8 Å². The highest BCUT2D eigenvalue weighted by Gasteiger charge is 2.30. The number of nitrogens with zero attached hydrogens (tertiary/aromatic N) is 1. The van der Waals surface area contributed by atoms with Crippen LogP contribution in [-0.2, 0) is 9.59 Å². The Kier molecular flexibility index (Phi) is 6.23. The number of carbonyl (C=O) groups is 2. The van der Waals surface area contributed by atoms with Crippen LogP contribution in [0.15, 0.2) is 54.7 Å². The molecule has 1 fully saturated rings. The number of nitrogens with one attached hydrogen (secondary N) is 2. The van der Waals surface area contributed by atoms with Crippen molar-refractivity contribution < 1.29 is 14.3 Å². The summed E-state index contributed by atoms with van der Waals surface area (Å²) in [7, 11) is 1.64. The van der Waals surface area contributed by atoms with Gasteiger partial charge in [-0.1, -0.05) is 30.3 Å². The van der Waals surface area contributed by atoms with Crippen molar-refractivity contribution in [3.8, 4) is 5.75 Å². The lowest BCUT2D eigenvalue weighted by Crippen LogP contribution is -2.45. The zero-order valence-electron chi connectivity index (χ0n) is 17.6. The van der Waals surface area contributed by atoms with Crippen LogP contribution in [0.4, 0.5) is 0 Å². The molecule has 162 valence electrons. The Balaban J connectivity index is 1.53. The van der Waals surface area contributed by atoms with Crippen molar-refractivity contribution in [2.75, 3.05) is 26.7 Å². The molecule has 2 aromatic carbocycles. The molecule has 0 unspecified atom stereocenters. The Morgan fingerprint density at radius 3 is 2.74 bits per heavy atom. The Bertz CT molecular complexity index is 1060. The first kappa shape index (κ1) is 20.9. The average molecular weight is 421 g/mol. The summed E-state index contributed by atoms with van der Waals surface area (Å²) < 4.78 is 5.29.